The number of nitrogens with zero attached hydrogens (tertiary/aromatic N) is 1. The number of hydrogen-bond donors (Lipinski definition) is 2. The summed E-state index contributed by atoms with van der Waals surface area (Å²) >= 11 is 0. The van der Waals surface area contributed by atoms with Gasteiger partial charge in [-0.05, 0) is 18.1 Å². The fourth-order valence-corrected chi connectivity index (χ4v) is 2.08. The molecule has 1 unspecified atom stereocenters. The Kier molecular flexibility index (Phi) is 6.06. The van der Waals surface area contributed by atoms with Gasteiger partial charge in [-0.2, -0.15) is 0 Å². The third-order valence-corrected chi connectivity index (χ3v) is 3.23. The zero-order valence-corrected chi connectivity index (χ0v) is 12.5. The summed E-state index contributed by atoms with van der Waals surface area (Å²) in [6, 6.07) is 11.6. The minimum Gasteiger partial charge on any atom is -0.391 e. The minimum atomic E-state index is -0.570. The highest BCUT2D eigenvalue weighted by molar-refractivity contribution is 5.95. The van der Waals surface area contributed by atoms with Gasteiger partial charge in [0, 0.05) is 31.6 Å². The normalized spacial score (nSPS) is 11.9. The van der Waals surface area contributed by atoms with E-state index in [1.54, 1.807) is 6.20 Å². The molecule has 0 spiro atoms. The first-order valence-electron chi connectivity index (χ1n) is 7.16. The number of benzene rings is 1. The summed E-state index contributed by atoms with van der Waals surface area (Å²) in [5, 5.41) is 12.3. The number of ether oxygens (including phenoxy) is 1. The Balaban J connectivity index is 1.96. The lowest BCUT2D eigenvalue weighted by Gasteiger charge is -2.10. The molecule has 0 radical (unpaired) electrons. The monoisotopic (exact) mass is 300 g/mol. The van der Waals surface area contributed by atoms with Crippen LogP contribution >= 0.6 is 0 Å². The van der Waals surface area contributed by atoms with Crippen molar-refractivity contribution in [3.8, 4) is 11.1 Å². The molecule has 5 heteroatoms. The first-order valence-corrected chi connectivity index (χ1v) is 7.16. The Bertz CT molecular complexity index is 602. The first kappa shape index (κ1) is 16.1. The predicted octanol–water partition coefficient (Wildman–Crippen LogP) is 1.88. The lowest BCUT2D eigenvalue weighted by molar-refractivity contribution is 0.0587. The molecule has 0 aliphatic rings. The Morgan fingerprint density at radius 1 is 1.27 bits per heavy atom. The van der Waals surface area contributed by atoms with Gasteiger partial charge < -0.3 is 15.2 Å². The van der Waals surface area contributed by atoms with Crippen LogP contribution in [0.3, 0.4) is 0 Å². The third-order valence-electron chi connectivity index (χ3n) is 3.23. The van der Waals surface area contributed by atoms with Crippen molar-refractivity contribution in [2.24, 2.45) is 0 Å². The SMILES string of the molecule is COCC(O)CCNC(=O)c1cncc(-c2ccccc2)c1. The summed E-state index contributed by atoms with van der Waals surface area (Å²) in [4.78, 5) is 16.2. The maximum Gasteiger partial charge on any atom is 0.252 e. The third kappa shape index (κ3) is 4.65. The van der Waals surface area contributed by atoms with Crippen LogP contribution in [0, 0.1) is 0 Å². The van der Waals surface area contributed by atoms with E-state index >= 15 is 0 Å². The number of nitrogens with one attached hydrogen (secondary N) is 1. The molecule has 1 heterocycles. The molecular formula is C17H20N2O3. The molecule has 2 N–H and O–H groups in total. The van der Waals surface area contributed by atoms with Crippen molar-refractivity contribution in [1.82, 2.24) is 10.3 Å². The molecule has 1 atom stereocenters. The largest absolute Gasteiger partial charge is 0.391 e. The van der Waals surface area contributed by atoms with Crippen molar-refractivity contribution in [2.75, 3.05) is 20.3 Å². The molecule has 0 aliphatic carbocycles. The van der Waals surface area contributed by atoms with E-state index in [0.717, 1.165) is 11.1 Å². The maximum atomic E-state index is 12.1. The standard InChI is InChI=1S/C17H20N2O3/c1-22-12-16(20)7-8-19-17(21)15-9-14(10-18-11-15)13-5-3-2-4-6-13/h2-6,9-11,16,20H,7-8,12H2,1H3,(H,19,21). The van der Waals surface area contributed by atoms with E-state index in [4.69, 9.17) is 4.74 Å². The van der Waals surface area contributed by atoms with Crippen LogP contribution in [0.25, 0.3) is 11.1 Å². The van der Waals surface area contributed by atoms with Gasteiger partial charge >= 0.3 is 0 Å². The number of carbonyl (C=O) groups is 1. The number of pyridine rings is 1. The molecule has 0 bridgehead atoms. The molecule has 0 saturated heterocycles. The molecule has 0 saturated carbocycles. The number of rotatable bonds is 7. The zero-order chi connectivity index (χ0) is 15.8. The minimum absolute atomic E-state index is 0.199. The summed E-state index contributed by atoms with van der Waals surface area (Å²) in [6.45, 7) is 0.653. The summed E-state index contributed by atoms with van der Waals surface area (Å²) < 4.78 is 4.84. The number of carbonyl (C=O) groups excluding carboxylic acids is 1. The Morgan fingerprint density at radius 2 is 2.05 bits per heavy atom. The molecule has 1 amide bonds. The molecular weight excluding hydrogens is 280 g/mol. The second kappa shape index (κ2) is 8.26. The van der Waals surface area contributed by atoms with Crippen molar-refractivity contribution in [2.45, 2.75) is 12.5 Å². The van der Waals surface area contributed by atoms with Crippen LogP contribution in [0.15, 0.2) is 48.8 Å². The topological polar surface area (TPSA) is 71.5 Å². The second-order valence-electron chi connectivity index (χ2n) is 4.98. The number of hydrogen-bond acceptors (Lipinski definition) is 4. The Hall–Kier alpha value is -2.24. The van der Waals surface area contributed by atoms with Crippen molar-refractivity contribution in [3.05, 3.63) is 54.4 Å². The van der Waals surface area contributed by atoms with Crippen LogP contribution in [0.4, 0.5) is 0 Å². The average molecular weight is 300 g/mol. The molecule has 0 aliphatic heterocycles. The lowest BCUT2D eigenvalue weighted by atomic mass is 10.1. The highest BCUT2D eigenvalue weighted by atomic mass is 16.5. The fraction of sp³-hybridized carbons (Fsp3) is 0.294. The van der Waals surface area contributed by atoms with Crippen LogP contribution in [0.1, 0.15) is 16.8 Å². The molecule has 0 fully saturated rings. The van der Waals surface area contributed by atoms with E-state index in [-0.39, 0.29) is 12.5 Å². The molecule has 5 nitrogen and oxygen atoms in total. The molecule has 2 rings (SSSR count). The summed E-state index contributed by atoms with van der Waals surface area (Å²) in [5.74, 6) is -0.199. The van der Waals surface area contributed by atoms with Crippen molar-refractivity contribution >= 4 is 5.91 Å². The quantitative estimate of drug-likeness (QED) is 0.819. The molecule has 1 aromatic heterocycles. The van der Waals surface area contributed by atoms with Crippen molar-refractivity contribution in [3.63, 3.8) is 0 Å². The average Bonchev–Trinajstić information content (AvgIpc) is 2.56. The summed E-state index contributed by atoms with van der Waals surface area (Å²) in [5.41, 5.74) is 2.41. The highest BCUT2D eigenvalue weighted by Crippen LogP contribution is 2.18. The number of methoxy groups -OCH3 is 1. The van der Waals surface area contributed by atoms with Crippen LogP contribution in [-0.4, -0.2) is 42.4 Å². The lowest BCUT2D eigenvalue weighted by Crippen LogP contribution is -2.28. The van der Waals surface area contributed by atoms with Gasteiger partial charge in [0.25, 0.3) is 5.91 Å². The van der Waals surface area contributed by atoms with E-state index in [2.05, 4.69) is 10.3 Å². The van der Waals surface area contributed by atoms with Gasteiger partial charge in [0.05, 0.1) is 18.3 Å². The van der Waals surface area contributed by atoms with Gasteiger partial charge in [0.2, 0.25) is 0 Å². The van der Waals surface area contributed by atoms with Crippen LogP contribution in [0.2, 0.25) is 0 Å². The number of aromatic nitrogens is 1. The van der Waals surface area contributed by atoms with E-state index < -0.39 is 6.10 Å². The molecule has 1 aromatic carbocycles. The number of aliphatic hydroxyl groups is 1. The van der Waals surface area contributed by atoms with Crippen LogP contribution < -0.4 is 5.32 Å². The number of amides is 1. The summed E-state index contributed by atoms with van der Waals surface area (Å²) in [7, 11) is 1.53. The molecule has 2 aromatic rings. The van der Waals surface area contributed by atoms with Gasteiger partial charge in [0.15, 0.2) is 0 Å². The smallest absolute Gasteiger partial charge is 0.252 e. The molecule has 116 valence electrons. The van der Waals surface area contributed by atoms with Crippen molar-refractivity contribution < 1.29 is 14.6 Å². The Labute approximate surface area is 130 Å². The van der Waals surface area contributed by atoms with E-state index in [9.17, 15) is 9.90 Å². The summed E-state index contributed by atoms with van der Waals surface area (Å²) in [6.07, 6.45) is 3.15. The van der Waals surface area contributed by atoms with Gasteiger partial charge in [-0.25, -0.2) is 0 Å². The first-order chi connectivity index (χ1) is 10.7. The van der Waals surface area contributed by atoms with E-state index in [1.165, 1.54) is 13.3 Å². The highest BCUT2D eigenvalue weighted by Gasteiger charge is 2.09. The zero-order valence-electron chi connectivity index (χ0n) is 12.5. The second-order valence-corrected chi connectivity index (χ2v) is 4.98. The molecule has 22 heavy (non-hydrogen) atoms. The maximum absolute atomic E-state index is 12.1. The Morgan fingerprint density at radius 3 is 2.77 bits per heavy atom. The van der Waals surface area contributed by atoms with Crippen LogP contribution in [-0.2, 0) is 4.74 Å². The van der Waals surface area contributed by atoms with E-state index in [0.29, 0.717) is 18.5 Å². The van der Waals surface area contributed by atoms with Crippen molar-refractivity contribution in [1.29, 1.82) is 0 Å². The predicted molar refractivity (Wildman–Crippen MR) is 84.5 cm³/mol. The number of aliphatic hydroxyl groups excluding tert-OH is 1. The van der Waals surface area contributed by atoms with Crippen LogP contribution in [0.5, 0.6) is 0 Å². The van der Waals surface area contributed by atoms with Gasteiger partial charge in [-0.1, -0.05) is 30.3 Å². The van der Waals surface area contributed by atoms with Gasteiger partial charge in [-0.15, -0.1) is 0 Å². The van der Waals surface area contributed by atoms with Gasteiger partial charge in [0.1, 0.15) is 0 Å². The fourth-order valence-electron chi connectivity index (χ4n) is 2.08. The van der Waals surface area contributed by atoms with Gasteiger partial charge in [-0.3, -0.25) is 9.78 Å². The van der Waals surface area contributed by atoms with E-state index in [1.807, 2.05) is 36.4 Å².